The molecule has 0 aliphatic heterocycles. The van der Waals surface area contributed by atoms with Crippen LogP contribution in [0.25, 0.3) is 0 Å². The second-order valence-electron chi connectivity index (χ2n) is 24.2. The lowest BCUT2D eigenvalue weighted by atomic mass is 10.0. The van der Waals surface area contributed by atoms with E-state index in [9.17, 15) is 43.2 Å². The SMILES string of the molecule is CCCCCCCCCCCCCCCCCCCCCCC(=O)O[C@H](COC(=O)CCCCCCCCCCCCCCC)COP(=O)(O)OC[C@@H](O)COP(=O)(O)OC[C@@H](COC(=O)CCCCCCC)OC(=O)CCCCCCCCCC. The molecule has 0 saturated heterocycles. The van der Waals surface area contributed by atoms with Crippen LogP contribution in [0.1, 0.15) is 349 Å². The number of aliphatic hydroxyl groups is 1. The lowest BCUT2D eigenvalue weighted by molar-refractivity contribution is -0.161. The highest BCUT2D eigenvalue weighted by molar-refractivity contribution is 7.47. The number of aliphatic hydroxyl groups excluding tert-OH is 1. The van der Waals surface area contributed by atoms with Gasteiger partial charge in [-0.3, -0.25) is 37.3 Å². The number of hydrogen-bond donors (Lipinski definition) is 3. The Bertz CT molecular complexity index is 1650. The summed E-state index contributed by atoms with van der Waals surface area (Å²) in [7, 11) is -9.88. The number of esters is 4. The molecule has 0 aliphatic rings. The topological polar surface area (TPSA) is 237 Å². The molecular weight excluding hydrogens is 1140 g/mol. The molecule has 5 atom stereocenters. The van der Waals surface area contributed by atoms with E-state index in [4.69, 9.17) is 37.0 Å². The van der Waals surface area contributed by atoms with E-state index in [1.165, 1.54) is 167 Å². The third-order valence-corrected chi connectivity index (χ3v) is 17.5. The highest BCUT2D eigenvalue weighted by atomic mass is 31.2. The number of ether oxygens (including phenoxy) is 4. The van der Waals surface area contributed by atoms with Crippen molar-refractivity contribution in [3.8, 4) is 0 Å². The molecule has 2 unspecified atom stereocenters. The third-order valence-electron chi connectivity index (χ3n) is 15.6. The fourth-order valence-electron chi connectivity index (χ4n) is 10.2. The van der Waals surface area contributed by atoms with Crippen molar-refractivity contribution in [2.75, 3.05) is 39.6 Å². The van der Waals surface area contributed by atoms with Gasteiger partial charge in [-0.2, -0.15) is 0 Å². The molecule has 0 aromatic heterocycles. The molecule has 86 heavy (non-hydrogen) atoms. The first-order chi connectivity index (χ1) is 41.7. The molecular formula is C67H130O17P2. The first-order valence-electron chi connectivity index (χ1n) is 35.3. The van der Waals surface area contributed by atoms with Crippen molar-refractivity contribution in [3.63, 3.8) is 0 Å². The van der Waals surface area contributed by atoms with Crippen molar-refractivity contribution in [2.24, 2.45) is 0 Å². The van der Waals surface area contributed by atoms with Crippen LogP contribution < -0.4 is 0 Å². The minimum atomic E-state index is -4.94. The van der Waals surface area contributed by atoms with E-state index in [0.717, 1.165) is 103 Å². The summed E-state index contributed by atoms with van der Waals surface area (Å²) in [6.45, 7) is 4.80. The molecule has 3 N–H and O–H groups in total. The van der Waals surface area contributed by atoms with Gasteiger partial charge >= 0.3 is 39.5 Å². The fourth-order valence-corrected chi connectivity index (χ4v) is 11.7. The fraction of sp³-hybridized carbons (Fsp3) is 0.940. The molecule has 0 rings (SSSR count). The number of hydrogen-bond acceptors (Lipinski definition) is 15. The molecule has 0 aromatic carbocycles. The molecule has 19 heteroatoms. The maximum atomic E-state index is 13.0. The second kappa shape index (κ2) is 61.9. The summed E-state index contributed by atoms with van der Waals surface area (Å²) < 4.78 is 67.8. The second-order valence-corrected chi connectivity index (χ2v) is 27.1. The van der Waals surface area contributed by atoms with Gasteiger partial charge in [0.15, 0.2) is 12.2 Å². The van der Waals surface area contributed by atoms with Crippen LogP contribution in [0.5, 0.6) is 0 Å². The largest absolute Gasteiger partial charge is 0.472 e. The maximum absolute atomic E-state index is 13.0. The van der Waals surface area contributed by atoms with Crippen LogP contribution in [0.15, 0.2) is 0 Å². The molecule has 0 spiro atoms. The van der Waals surface area contributed by atoms with Crippen LogP contribution >= 0.6 is 15.6 Å². The molecule has 17 nitrogen and oxygen atoms in total. The Hall–Kier alpha value is -1.94. The lowest BCUT2D eigenvalue weighted by Crippen LogP contribution is -2.30. The van der Waals surface area contributed by atoms with E-state index >= 15 is 0 Å². The van der Waals surface area contributed by atoms with Crippen LogP contribution in [0, 0.1) is 0 Å². The van der Waals surface area contributed by atoms with Crippen molar-refractivity contribution in [3.05, 3.63) is 0 Å². The smallest absolute Gasteiger partial charge is 0.462 e. The summed E-state index contributed by atoms with van der Waals surface area (Å²) >= 11 is 0. The Morgan fingerprint density at radius 3 is 0.686 bits per heavy atom. The van der Waals surface area contributed by atoms with Gasteiger partial charge in [0, 0.05) is 25.7 Å². The first kappa shape index (κ1) is 84.1. The number of phosphoric acid groups is 2. The molecule has 0 amide bonds. The lowest BCUT2D eigenvalue weighted by Gasteiger charge is -2.21. The van der Waals surface area contributed by atoms with Gasteiger partial charge in [0.25, 0.3) is 0 Å². The van der Waals surface area contributed by atoms with Gasteiger partial charge in [-0.05, 0) is 25.7 Å². The Balaban J connectivity index is 5.10. The molecule has 0 aliphatic carbocycles. The summed E-state index contributed by atoms with van der Waals surface area (Å²) in [5, 5.41) is 10.5. The van der Waals surface area contributed by atoms with Gasteiger partial charge in [0.05, 0.1) is 26.4 Å². The molecule has 0 heterocycles. The summed E-state index contributed by atoms with van der Waals surface area (Å²) in [5.41, 5.74) is 0. The summed E-state index contributed by atoms with van der Waals surface area (Å²) in [4.78, 5) is 72.0. The van der Waals surface area contributed by atoms with Gasteiger partial charge < -0.3 is 33.8 Å². The van der Waals surface area contributed by atoms with Gasteiger partial charge in [-0.15, -0.1) is 0 Å². The van der Waals surface area contributed by atoms with Gasteiger partial charge in [-0.1, -0.05) is 297 Å². The van der Waals surface area contributed by atoms with Gasteiger partial charge in [0.2, 0.25) is 0 Å². The summed E-state index contributed by atoms with van der Waals surface area (Å²) in [5.74, 6) is -2.14. The van der Waals surface area contributed by atoms with Crippen LogP contribution in [0.3, 0.4) is 0 Å². The van der Waals surface area contributed by atoms with Gasteiger partial charge in [0.1, 0.15) is 19.3 Å². The number of carbonyl (C=O) groups is 4. The third kappa shape index (κ3) is 60.9. The van der Waals surface area contributed by atoms with E-state index < -0.39 is 97.5 Å². The maximum Gasteiger partial charge on any atom is 0.472 e. The van der Waals surface area contributed by atoms with E-state index in [1.54, 1.807) is 0 Å². The van der Waals surface area contributed by atoms with Crippen molar-refractivity contribution < 1.29 is 80.2 Å². The number of phosphoric ester groups is 2. The number of unbranched alkanes of at least 4 members (excludes halogenated alkanes) is 42. The average Bonchev–Trinajstić information content (AvgIpc) is 3.70. The zero-order valence-corrected chi connectivity index (χ0v) is 57.1. The molecule has 0 aromatic rings. The van der Waals surface area contributed by atoms with Crippen LogP contribution in [-0.4, -0.2) is 96.7 Å². The van der Waals surface area contributed by atoms with E-state index in [-0.39, 0.29) is 25.7 Å². The molecule has 510 valence electrons. The molecule has 0 fully saturated rings. The zero-order chi connectivity index (χ0) is 63.3. The Labute approximate surface area is 524 Å². The Morgan fingerprint density at radius 1 is 0.279 bits per heavy atom. The van der Waals surface area contributed by atoms with Crippen molar-refractivity contribution in [2.45, 2.75) is 367 Å². The Kier molecular flexibility index (Phi) is 60.5. The average molecular weight is 1270 g/mol. The number of rotatable bonds is 68. The number of carbonyl (C=O) groups excluding carboxylic acids is 4. The summed E-state index contributed by atoms with van der Waals surface area (Å²) in [6, 6.07) is 0. The van der Waals surface area contributed by atoms with Crippen molar-refractivity contribution in [1.29, 1.82) is 0 Å². The van der Waals surface area contributed by atoms with E-state index in [1.807, 2.05) is 0 Å². The van der Waals surface area contributed by atoms with Crippen LogP contribution in [0.2, 0.25) is 0 Å². The van der Waals surface area contributed by atoms with E-state index in [0.29, 0.717) is 25.7 Å². The summed E-state index contributed by atoms with van der Waals surface area (Å²) in [6.07, 6.45) is 49.1. The van der Waals surface area contributed by atoms with Crippen LogP contribution in [-0.2, 0) is 65.4 Å². The monoisotopic (exact) mass is 1270 g/mol. The molecule has 0 radical (unpaired) electrons. The standard InChI is InChI=1S/C67H130O17P2/c1-5-9-13-17-20-23-25-27-28-29-30-31-32-33-35-37-39-42-46-50-54-67(72)84-63(58-78-65(70)52-48-44-41-38-36-34-26-24-21-18-14-10-6-2)60-82-86(75,76)80-56-61(68)55-79-85(73,74)81-59-62(57-77-64(69)51-47-43-16-12-8-4)83-66(71)53-49-45-40-22-19-15-11-7-3/h61-63,68H,5-60H2,1-4H3,(H,73,74)(H,75,76)/t61-,62+,63+/m0/s1. The minimum absolute atomic E-state index is 0.104. The molecule has 0 saturated carbocycles. The first-order valence-corrected chi connectivity index (χ1v) is 38.3. The minimum Gasteiger partial charge on any atom is -0.462 e. The quantitative estimate of drug-likeness (QED) is 0.0222. The highest BCUT2D eigenvalue weighted by Crippen LogP contribution is 2.45. The van der Waals surface area contributed by atoms with Crippen molar-refractivity contribution >= 4 is 39.5 Å². The Morgan fingerprint density at radius 2 is 0.465 bits per heavy atom. The van der Waals surface area contributed by atoms with E-state index in [2.05, 4.69) is 27.7 Å². The van der Waals surface area contributed by atoms with Crippen LogP contribution in [0.4, 0.5) is 0 Å². The zero-order valence-electron chi connectivity index (χ0n) is 55.3. The predicted molar refractivity (Wildman–Crippen MR) is 345 cm³/mol. The highest BCUT2D eigenvalue weighted by Gasteiger charge is 2.30. The van der Waals surface area contributed by atoms with Crippen molar-refractivity contribution in [1.82, 2.24) is 0 Å². The molecule has 0 bridgehead atoms. The normalized spacial score (nSPS) is 14.1. The predicted octanol–water partition coefficient (Wildman–Crippen LogP) is 19.1. The van der Waals surface area contributed by atoms with Gasteiger partial charge in [-0.25, -0.2) is 9.13 Å².